The van der Waals surface area contributed by atoms with Gasteiger partial charge < -0.3 is 15.0 Å². The molecule has 1 amide bonds. The molecule has 1 N–H and O–H groups in total. The van der Waals surface area contributed by atoms with Crippen LogP contribution in [-0.2, 0) is 9.53 Å². The molecule has 0 spiro atoms. The van der Waals surface area contributed by atoms with E-state index >= 15 is 0 Å². The third-order valence-electron chi connectivity index (χ3n) is 3.09. The molecule has 0 aromatic rings. The summed E-state index contributed by atoms with van der Waals surface area (Å²) < 4.78 is 5.15. The highest BCUT2D eigenvalue weighted by molar-refractivity contribution is 5.76. The highest BCUT2D eigenvalue weighted by Gasteiger charge is 2.20. The van der Waals surface area contributed by atoms with Crippen LogP contribution in [0.3, 0.4) is 0 Å². The zero-order valence-corrected chi connectivity index (χ0v) is 10.5. The Kier molecular flexibility index (Phi) is 6.42. The Morgan fingerprint density at radius 2 is 2.38 bits per heavy atom. The second-order valence-electron chi connectivity index (χ2n) is 4.32. The van der Waals surface area contributed by atoms with Gasteiger partial charge in [-0.3, -0.25) is 4.79 Å². The Morgan fingerprint density at radius 3 is 3.00 bits per heavy atom. The average molecular weight is 228 g/mol. The lowest BCUT2D eigenvalue weighted by atomic mass is 10.2. The van der Waals surface area contributed by atoms with Gasteiger partial charge in [0.05, 0.1) is 6.61 Å². The van der Waals surface area contributed by atoms with E-state index < -0.39 is 0 Å². The third kappa shape index (κ3) is 4.94. The van der Waals surface area contributed by atoms with E-state index in [1.807, 2.05) is 6.92 Å². The van der Waals surface area contributed by atoms with Gasteiger partial charge in [0, 0.05) is 32.2 Å². The van der Waals surface area contributed by atoms with Gasteiger partial charge in [-0.2, -0.15) is 0 Å². The van der Waals surface area contributed by atoms with Crippen molar-refractivity contribution in [3.8, 4) is 0 Å². The van der Waals surface area contributed by atoms with Crippen molar-refractivity contribution in [1.82, 2.24) is 10.2 Å². The SMILES string of the molecule is CCOCCNC(=O)CCN1CCC[C@H]1C. The van der Waals surface area contributed by atoms with Crippen molar-refractivity contribution >= 4 is 5.91 Å². The number of amides is 1. The molecule has 1 rings (SSSR count). The van der Waals surface area contributed by atoms with Crippen LogP contribution in [0, 0.1) is 0 Å². The Balaban J connectivity index is 2.01. The van der Waals surface area contributed by atoms with Gasteiger partial charge >= 0.3 is 0 Å². The second-order valence-corrected chi connectivity index (χ2v) is 4.32. The predicted octanol–water partition coefficient (Wildman–Crippen LogP) is 1.01. The number of hydrogen-bond donors (Lipinski definition) is 1. The number of ether oxygens (including phenoxy) is 1. The van der Waals surface area contributed by atoms with Crippen LogP contribution >= 0.6 is 0 Å². The molecule has 1 heterocycles. The first-order chi connectivity index (χ1) is 7.74. The number of likely N-dealkylation sites (tertiary alicyclic amines) is 1. The van der Waals surface area contributed by atoms with Crippen LogP contribution < -0.4 is 5.32 Å². The molecular formula is C12H24N2O2. The van der Waals surface area contributed by atoms with E-state index in [0.717, 1.165) is 13.1 Å². The van der Waals surface area contributed by atoms with Gasteiger partial charge in [0.1, 0.15) is 0 Å². The predicted molar refractivity (Wildman–Crippen MR) is 64.4 cm³/mol. The summed E-state index contributed by atoms with van der Waals surface area (Å²) >= 11 is 0. The summed E-state index contributed by atoms with van der Waals surface area (Å²) in [6.45, 7) is 8.18. The molecule has 1 atom stereocenters. The summed E-state index contributed by atoms with van der Waals surface area (Å²) in [5, 5.41) is 2.87. The minimum Gasteiger partial charge on any atom is -0.380 e. The molecule has 1 aliphatic rings. The Labute approximate surface area is 98.3 Å². The Bertz CT molecular complexity index is 209. The van der Waals surface area contributed by atoms with Gasteiger partial charge in [0.25, 0.3) is 0 Å². The molecule has 1 saturated heterocycles. The van der Waals surface area contributed by atoms with Crippen molar-refractivity contribution in [2.24, 2.45) is 0 Å². The summed E-state index contributed by atoms with van der Waals surface area (Å²) in [5.41, 5.74) is 0. The maximum absolute atomic E-state index is 11.5. The van der Waals surface area contributed by atoms with E-state index in [4.69, 9.17) is 4.74 Å². The van der Waals surface area contributed by atoms with Crippen LogP contribution in [0.4, 0.5) is 0 Å². The van der Waals surface area contributed by atoms with Crippen molar-refractivity contribution in [3.63, 3.8) is 0 Å². The van der Waals surface area contributed by atoms with Crippen LogP contribution in [0.5, 0.6) is 0 Å². The summed E-state index contributed by atoms with van der Waals surface area (Å²) in [6, 6.07) is 0.649. The number of nitrogens with one attached hydrogen (secondary N) is 1. The van der Waals surface area contributed by atoms with Crippen molar-refractivity contribution < 1.29 is 9.53 Å². The first kappa shape index (κ1) is 13.5. The maximum Gasteiger partial charge on any atom is 0.221 e. The van der Waals surface area contributed by atoms with E-state index in [-0.39, 0.29) is 5.91 Å². The smallest absolute Gasteiger partial charge is 0.221 e. The maximum atomic E-state index is 11.5. The van der Waals surface area contributed by atoms with Gasteiger partial charge in [-0.1, -0.05) is 0 Å². The highest BCUT2D eigenvalue weighted by atomic mass is 16.5. The van der Waals surface area contributed by atoms with Crippen molar-refractivity contribution in [2.45, 2.75) is 39.2 Å². The van der Waals surface area contributed by atoms with Crippen molar-refractivity contribution in [2.75, 3.05) is 32.8 Å². The van der Waals surface area contributed by atoms with Gasteiger partial charge in [0.15, 0.2) is 0 Å². The van der Waals surface area contributed by atoms with Crippen molar-refractivity contribution in [1.29, 1.82) is 0 Å². The van der Waals surface area contributed by atoms with Crippen molar-refractivity contribution in [3.05, 3.63) is 0 Å². The molecule has 1 aliphatic heterocycles. The fraction of sp³-hybridized carbons (Fsp3) is 0.917. The Hall–Kier alpha value is -0.610. The molecular weight excluding hydrogens is 204 g/mol. The third-order valence-corrected chi connectivity index (χ3v) is 3.09. The first-order valence-electron chi connectivity index (χ1n) is 6.32. The van der Waals surface area contributed by atoms with Gasteiger partial charge in [-0.15, -0.1) is 0 Å². The number of nitrogens with zero attached hydrogens (tertiary/aromatic N) is 1. The molecule has 4 nitrogen and oxygen atoms in total. The first-order valence-corrected chi connectivity index (χ1v) is 6.32. The van der Waals surface area contributed by atoms with Crippen LogP contribution in [0.1, 0.15) is 33.1 Å². The lowest BCUT2D eigenvalue weighted by molar-refractivity contribution is -0.121. The van der Waals surface area contributed by atoms with E-state index in [9.17, 15) is 4.79 Å². The van der Waals surface area contributed by atoms with E-state index in [1.54, 1.807) is 0 Å². The summed E-state index contributed by atoms with van der Waals surface area (Å²) in [7, 11) is 0. The Morgan fingerprint density at radius 1 is 1.56 bits per heavy atom. The molecule has 16 heavy (non-hydrogen) atoms. The monoisotopic (exact) mass is 228 g/mol. The summed E-state index contributed by atoms with van der Waals surface area (Å²) in [4.78, 5) is 13.9. The zero-order valence-electron chi connectivity index (χ0n) is 10.5. The van der Waals surface area contributed by atoms with Crippen LogP contribution in [0.15, 0.2) is 0 Å². The molecule has 0 bridgehead atoms. The molecule has 0 radical (unpaired) electrons. The normalized spacial score (nSPS) is 21.2. The molecule has 0 aromatic carbocycles. The van der Waals surface area contributed by atoms with Gasteiger partial charge in [-0.25, -0.2) is 0 Å². The molecule has 0 saturated carbocycles. The van der Waals surface area contributed by atoms with Crippen LogP contribution in [-0.4, -0.2) is 49.7 Å². The number of carbonyl (C=O) groups excluding carboxylic acids is 1. The van der Waals surface area contributed by atoms with Gasteiger partial charge in [-0.05, 0) is 33.2 Å². The van der Waals surface area contributed by atoms with Crippen LogP contribution in [0.2, 0.25) is 0 Å². The topological polar surface area (TPSA) is 41.6 Å². The second kappa shape index (κ2) is 7.63. The summed E-state index contributed by atoms with van der Waals surface area (Å²) in [5.74, 6) is 0.138. The lowest BCUT2D eigenvalue weighted by Gasteiger charge is -2.20. The largest absolute Gasteiger partial charge is 0.380 e. The standard InChI is InChI=1S/C12H24N2O2/c1-3-16-10-7-13-12(15)6-9-14-8-4-5-11(14)2/h11H,3-10H2,1-2H3,(H,13,15)/t11-/m1/s1. The fourth-order valence-electron chi connectivity index (χ4n) is 2.07. The summed E-state index contributed by atoms with van der Waals surface area (Å²) in [6.07, 6.45) is 3.15. The number of rotatable bonds is 7. The fourth-order valence-corrected chi connectivity index (χ4v) is 2.07. The molecule has 4 heteroatoms. The molecule has 1 fully saturated rings. The molecule has 94 valence electrons. The minimum absolute atomic E-state index is 0.138. The zero-order chi connectivity index (χ0) is 11.8. The highest BCUT2D eigenvalue weighted by Crippen LogP contribution is 2.15. The molecule has 0 aliphatic carbocycles. The quantitative estimate of drug-likeness (QED) is 0.661. The minimum atomic E-state index is 0.138. The lowest BCUT2D eigenvalue weighted by Crippen LogP contribution is -2.33. The van der Waals surface area contributed by atoms with Crippen LogP contribution in [0.25, 0.3) is 0 Å². The van der Waals surface area contributed by atoms with Gasteiger partial charge in [0.2, 0.25) is 5.91 Å². The molecule has 0 unspecified atom stereocenters. The average Bonchev–Trinajstić information content (AvgIpc) is 2.67. The van der Waals surface area contributed by atoms with E-state index in [2.05, 4.69) is 17.1 Å². The van der Waals surface area contributed by atoms with E-state index in [0.29, 0.717) is 32.2 Å². The number of hydrogen-bond acceptors (Lipinski definition) is 3. The number of carbonyl (C=O) groups is 1. The van der Waals surface area contributed by atoms with E-state index in [1.165, 1.54) is 12.8 Å². The molecule has 0 aromatic heterocycles.